The maximum Gasteiger partial charge on any atom is 0.417 e. The summed E-state index contributed by atoms with van der Waals surface area (Å²) in [6.07, 6.45) is -4.41. The summed E-state index contributed by atoms with van der Waals surface area (Å²) in [6.45, 7) is 0.222. The fraction of sp³-hybridized carbons (Fsp3) is 0.385. The Morgan fingerprint density at radius 3 is 2.55 bits per heavy atom. The van der Waals surface area contributed by atoms with Crippen LogP contribution < -0.4 is 5.32 Å². The molecule has 1 aromatic rings. The number of nitrogens with one attached hydrogen (secondary N) is 1. The van der Waals surface area contributed by atoms with Crippen molar-refractivity contribution in [3.8, 4) is 6.07 Å². The first-order valence-electron chi connectivity index (χ1n) is 5.81. The number of amides is 1. The van der Waals surface area contributed by atoms with E-state index in [2.05, 4.69) is 5.32 Å². The number of alkyl halides is 3. The van der Waals surface area contributed by atoms with Gasteiger partial charge in [0.25, 0.3) is 0 Å². The zero-order chi connectivity index (χ0) is 15.3. The molecule has 7 heteroatoms. The summed E-state index contributed by atoms with van der Waals surface area (Å²) >= 11 is 0. The molecule has 20 heavy (non-hydrogen) atoms. The summed E-state index contributed by atoms with van der Waals surface area (Å²) in [6, 6.07) is 4.88. The van der Waals surface area contributed by atoms with E-state index in [-0.39, 0.29) is 24.6 Å². The number of rotatable bonds is 4. The van der Waals surface area contributed by atoms with Crippen molar-refractivity contribution in [2.75, 3.05) is 26.0 Å². The van der Waals surface area contributed by atoms with Crippen molar-refractivity contribution in [2.24, 2.45) is 0 Å². The van der Waals surface area contributed by atoms with E-state index in [9.17, 15) is 18.0 Å². The molecule has 1 aromatic carbocycles. The van der Waals surface area contributed by atoms with Crippen molar-refractivity contribution in [1.82, 2.24) is 4.90 Å². The topological polar surface area (TPSA) is 56.1 Å². The molecule has 0 spiro atoms. The van der Waals surface area contributed by atoms with Crippen molar-refractivity contribution in [3.63, 3.8) is 0 Å². The minimum absolute atomic E-state index is 0.123. The third kappa shape index (κ3) is 4.16. The number of benzene rings is 1. The van der Waals surface area contributed by atoms with E-state index in [4.69, 9.17) is 5.26 Å². The van der Waals surface area contributed by atoms with Gasteiger partial charge in [-0.1, -0.05) is 0 Å². The van der Waals surface area contributed by atoms with Crippen molar-refractivity contribution in [2.45, 2.75) is 12.6 Å². The third-order valence-electron chi connectivity index (χ3n) is 2.61. The lowest BCUT2D eigenvalue weighted by molar-refractivity contribution is -0.137. The molecule has 1 N–H and O–H groups in total. The van der Waals surface area contributed by atoms with Gasteiger partial charge in [-0.25, -0.2) is 0 Å². The van der Waals surface area contributed by atoms with E-state index in [1.54, 1.807) is 14.1 Å². The van der Waals surface area contributed by atoms with Gasteiger partial charge in [-0.2, -0.15) is 18.4 Å². The Balaban J connectivity index is 2.79. The van der Waals surface area contributed by atoms with Crippen LogP contribution in [0.25, 0.3) is 0 Å². The second-order valence-electron chi connectivity index (χ2n) is 4.33. The van der Waals surface area contributed by atoms with Crippen LogP contribution >= 0.6 is 0 Å². The normalized spacial score (nSPS) is 10.8. The van der Waals surface area contributed by atoms with Gasteiger partial charge < -0.3 is 10.2 Å². The summed E-state index contributed by atoms with van der Waals surface area (Å²) in [5.41, 5.74) is -1.18. The number of nitrogens with zero attached hydrogens (tertiary/aromatic N) is 2. The van der Waals surface area contributed by atoms with Crippen LogP contribution in [-0.2, 0) is 11.0 Å². The minimum Gasteiger partial charge on any atom is -0.385 e. The van der Waals surface area contributed by atoms with E-state index in [1.807, 2.05) is 0 Å². The number of hydrogen-bond donors (Lipinski definition) is 1. The molecule has 0 aromatic heterocycles. The van der Waals surface area contributed by atoms with Gasteiger partial charge in [0.1, 0.15) is 0 Å². The second kappa shape index (κ2) is 6.28. The largest absolute Gasteiger partial charge is 0.417 e. The lowest BCUT2D eigenvalue weighted by Crippen LogP contribution is -2.24. The van der Waals surface area contributed by atoms with E-state index in [1.165, 1.54) is 17.0 Å². The Morgan fingerprint density at radius 2 is 2.05 bits per heavy atom. The maximum absolute atomic E-state index is 12.7. The Labute approximate surface area is 114 Å². The Bertz CT molecular complexity index is 533. The SMILES string of the molecule is CN(C)C(=O)CCNc1ccc(C#N)c(C(F)(F)F)c1. The molecule has 0 unspecified atom stereocenters. The van der Waals surface area contributed by atoms with Crippen LogP contribution in [0, 0.1) is 11.3 Å². The molecular formula is C13H14F3N3O. The van der Waals surface area contributed by atoms with Crippen LogP contribution in [0.1, 0.15) is 17.5 Å². The molecule has 0 fully saturated rings. The molecule has 0 aliphatic heterocycles. The van der Waals surface area contributed by atoms with Crippen LogP contribution in [0.3, 0.4) is 0 Å². The highest BCUT2D eigenvalue weighted by Gasteiger charge is 2.33. The quantitative estimate of drug-likeness (QED) is 0.924. The first-order valence-corrected chi connectivity index (χ1v) is 5.81. The smallest absolute Gasteiger partial charge is 0.385 e. The molecule has 1 rings (SSSR count). The summed E-state index contributed by atoms with van der Waals surface area (Å²) in [7, 11) is 3.21. The highest BCUT2D eigenvalue weighted by molar-refractivity contribution is 5.76. The monoisotopic (exact) mass is 285 g/mol. The minimum atomic E-state index is -4.58. The lowest BCUT2D eigenvalue weighted by atomic mass is 10.1. The van der Waals surface area contributed by atoms with Crippen LogP contribution in [0.2, 0.25) is 0 Å². The molecule has 0 radical (unpaired) electrons. The molecule has 0 atom stereocenters. The molecular weight excluding hydrogens is 271 g/mol. The number of anilines is 1. The van der Waals surface area contributed by atoms with E-state index >= 15 is 0 Å². The summed E-state index contributed by atoms with van der Waals surface area (Å²) < 4.78 is 38.2. The third-order valence-corrected chi connectivity index (χ3v) is 2.61. The first-order chi connectivity index (χ1) is 9.25. The number of carbonyl (C=O) groups excluding carboxylic acids is 1. The van der Waals surface area contributed by atoms with Gasteiger partial charge in [0.2, 0.25) is 5.91 Å². The van der Waals surface area contributed by atoms with Crippen molar-refractivity contribution in [1.29, 1.82) is 5.26 Å². The van der Waals surface area contributed by atoms with E-state index < -0.39 is 17.3 Å². The number of nitriles is 1. The Kier molecular flexibility index (Phi) is 4.97. The van der Waals surface area contributed by atoms with Gasteiger partial charge in [0, 0.05) is 32.7 Å². The number of carbonyl (C=O) groups is 1. The summed E-state index contributed by atoms with van der Waals surface area (Å²) in [5, 5.41) is 11.4. The molecule has 0 heterocycles. The number of halogens is 3. The zero-order valence-corrected chi connectivity index (χ0v) is 11.1. The molecule has 0 aliphatic rings. The second-order valence-corrected chi connectivity index (χ2v) is 4.33. The van der Waals surface area contributed by atoms with Crippen LogP contribution in [0.15, 0.2) is 18.2 Å². The van der Waals surface area contributed by atoms with E-state index in [0.29, 0.717) is 0 Å². The highest BCUT2D eigenvalue weighted by atomic mass is 19.4. The molecule has 0 saturated heterocycles. The average molecular weight is 285 g/mol. The van der Waals surface area contributed by atoms with Crippen molar-refractivity contribution in [3.05, 3.63) is 29.3 Å². The van der Waals surface area contributed by atoms with Crippen LogP contribution in [-0.4, -0.2) is 31.4 Å². The van der Waals surface area contributed by atoms with E-state index in [0.717, 1.165) is 12.1 Å². The predicted octanol–water partition coefficient (Wildman–Crippen LogP) is 2.47. The van der Waals surface area contributed by atoms with Gasteiger partial charge in [0.15, 0.2) is 0 Å². The van der Waals surface area contributed by atoms with Gasteiger partial charge in [0.05, 0.1) is 17.2 Å². The Hall–Kier alpha value is -2.23. The number of hydrogen-bond acceptors (Lipinski definition) is 3. The Morgan fingerprint density at radius 1 is 1.40 bits per heavy atom. The molecule has 0 bridgehead atoms. The predicted molar refractivity (Wildman–Crippen MR) is 68.0 cm³/mol. The highest BCUT2D eigenvalue weighted by Crippen LogP contribution is 2.33. The fourth-order valence-electron chi connectivity index (χ4n) is 1.52. The molecule has 0 aliphatic carbocycles. The van der Waals surface area contributed by atoms with Crippen molar-refractivity contribution >= 4 is 11.6 Å². The molecule has 4 nitrogen and oxygen atoms in total. The maximum atomic E-state index is 12.7. The van der Waals surface area contributed by atoms with Gasteiger partial charge in [-0.05, 0) is 18.2 Å². The van der Waals surface area contributed by atoms with Gasteiger partial charge in [-0.3, -0.25) is 4.79 Å². The van der Waals surface area contributed by atoms with Crippen molar-refractivity contribution < 1.29 is 18.0 Å². The average Bonchev–Trinajstić information content (AvgIpc) is 2.37. The van der Waals surface area contributed by atoms with Crippen LogP contribution in [0.4, 0.5) is 18.9 Å². The van der Waals surface area contributed by atoms with Crippen LogP contribution in [0.5, 0.6) is 0 Å². The first kappa shape index (κ1) is 15.8. The standard InChI is InChI=1S/C13H14F3N3O/c1-19(2)12(20)5-6-18-10-4-3-9(8-17)11(7-10)13(14,15)16/h3-4,7,18H,5-6H2,1-2H3. The lowest BCUT2D eigenvalue weighted by Gasteiger charge is -2.13. The fourth-order valence-corrected chi connectivity index (χ4v) is 1.52. The molecule has 0 saturated carbocycles. The van der Waals surface area contributed by atoms with Gasteiger partial charge in [-0.15, -0.1) is 0 Å². The summed E-state index contributed by atoms with van der Waals surface area (Å²) in [4.78, 5) is 12.7. The molecule has 1 amide bonds. The molecule has 108 valence electrons. The summed E-state index contributed by atoms with van der Waals surface area (Å²) in [5.74, 6) is -0.123. The van der Waals surface area contributed by atoms with Gasteiger partial charge >= 0.3 is 6.18 Å². The zero-order valence-electron chi connectivity index (χ0n) is 11.1.